The van der Waals surface area contributed by atoms with Gasteiger partial charge in [-0.15, -0.1) is 0 Å². The van der Waals surface area contributed by atoms with Crippen molar-refractivity contribution in [1.29, 1.82) is 0 Å². The Kier molecular flexibility index (Phi) is 4.10. The molecular formula is C18H16N2O3. The Morgan fingerprint density at radius 3 is 2.57 bits per heavy atom. The number of benzene rings is 2. The van der Waals surface area contributed by atoms with E-state index in [1.807, 2.05) is 42.5 Å². The number of hydrogen-bond donors (Lipinski definition) is 2. The largest absolute Gasteiger partial charge is 0.467 e. The van der Waals surface area contributed by atoms with Crippen molar-refractivity contribution >= 4 is 22.6 Å². The molecule has 0 saturated heterocycles. The van der Waals surface area contributed by atoms with E-state index in [1.165, 1.54) is 7.11 Å². The summed E-state index contributed by atoms with van der Waals surface area (Å²) in [7, 11) is 1.30. The van der Waals surface area contributed by atoms with E-state index in [-0.39, 0.29) is 5.91 Å². The van der Waals surface area contributed by atoms with Crippen LogP contribution in [0.15, 0.2) is 60.9 Å². The summed E-state index contributed by atoms with van der Waals surface area (Å²) >= 11 is 0. The molecule has 0 unspecified atom stereocenters. The number of esters is 1. The van der Waals surface area contributed by atoms with Crippen molar-refractivity contribution in [3.63, 3.8) is 0 Å². The average molecular weight is 308 g/mol. The molecule has 116 valence electrons. The van der Waals surface area contributed by atoms with Crippen LogP contribution >= 0.6 is 0 Å². The number of aromatic amines is 1. The summed E-state index contributed by atoms with van der Waals surface area (Å²) in [6.07, 6.45) is 3.22. The van der Waals surface area contributed by atoms with Gasteiger partial charge < -0.3 is 15.0 Å². The van der Waals surface area contributed by atoms with Crippen LogP contribution in [0.25, 0.3) is 10.8 Å². The van der Waals surface area contributed by atoms with E-state index < -0.39 is 12.0 Å². The highest BCUT2D eigenvalue weighted by atomic mass is 16.5. The van der Waals surface area contributed by atoms with E-state index in [0.717, 1.165) is 10.8 Å². The monoisotopic (exact) mass is 308 g/mol. The van der Waals surface area contributed by atoms with Crippen molar-refractivity contribution in [2.75, 3.05) is 7.11 Å². The van der Waals surface area contributed by atoms with Crippen LogP contribution in [0.5, 0.6) is 0 Å². The second-order valence-electron chi connectivity index (χ2n) is 5.14. The molecule has 0 aliphatic carbocycles. The highest BCUT2D eigenvalue weighted by Gasteiger charge is 2.24. The molecule has 5 nitrogen and oxygen atoms in total. The number of carbonyl (C=O) groups is 2. The number of hydrogen-bond acceptors (Lipinski definition) is 3. The van der Waals surface area contributed by atoms with Crippen LogP contribution in [0, 0.1) is 0 Å². The standard InChI is InChI=1S/C18H16N2O3/c1-23-18(22)16(20-17(21)15-8-9-19-11-15)14-7-6-12-4-2-3-5-13(12)10-14/h2-11,16,19H,1H3,(H,20,21)/t16-/m0/s1. The van der Waals surface area contributed by atoms with Gasteiger partial charge in [-0.2, -0.15) is 0 Å². The molecule has 0 radical (unpaired) electrons. The zero-order chi connectivity index (χ0) is 16.2. The SMILES string of the molecule is COC(=O)[C@@H](NC(=O)c1cc[nH]c1)c1ccc2ccccc2c1. The molecule has 0 bridgehead atoms. The normalized spacial score (nSPS) is 11.9. The van der Waals surface area contributed by atoms with E-state index in [2.05, 4.69) is 10.3 Å². The maximum Gasteiger partial charge on any atom is 0.333 e. The van der Waals surface area contributed by atoms with Gasteiger partial charge in [0.25, 0.3) is 5.91 Å². The maximum atomic E-state index is 12.2. The molecule has 1 aromatic heterocycles. The fourth-order valence-corrected chi connectivity index (χ4v) is 2.46. The molecule has 0 fully saturated rings. The van der Waals surface area contributed by atoms with E-state index in [1.54, 1.807) is 18.5 Å². The van der Waals surface area contributed by atoms with Crippen molar-refractivity contribution in [3.05, 3.63) is 72.1 Å². The van der Waals surface area contributed by atoms with E-state index >= 15 is 0 Å². The molecule has 1 atom stereocenters. The van der Waals surface area contributed by atoms with Crippen molar-refractivity contribution in [3.8, 4) is 0 Å². The highest BCUT2D eigenvalue weighted by Crippen LogP contribution is 2.22. The van der Waals surface area contributed by atoms with Crippen molar-refractivity contribution in [1.82, 2.24) is 10.3 Å². The van der Waals surface area contributed by atoms with Crippen molar-refractivity contribution in [2.45, 2.75) is 6.04 Å². The summed E-state index contributed by atoms with van der Waals surface area (Å²) in [5.74, 6) is -0.848. The average Bonchev–Trinajstić information content (AvgIpc) is 3.13. The molecule has 0 spiro atoms. The molecule has 2 N–H and O–H groups in total. The third-order valence-corrected chi connectivity index (χ3v) is 3.68. The summed E-state index contributed by atoms with van der Waals surface area (Å²) in [4.78, 5) is 27.2. The van der Waals surface area contributed by atoms with Crippen molar-refractivity contribution < 1.29 is 14.3 Å². The Labute approximate surface area is 133 Å². The minimum Gasteiger partial charge on any atom is -0.467 e. The Morgan fingerprint density at radius 2 is 1.87 bits per heavy atom. The smallest absolute Gasteiger partial charge is 0.333 e. The molecule has 5 heteroatoms. The predicted molar refractivity (Wildman–Crippen MR) is 87.0 cm³/mol. The van der Waals surface area contributed by atoms with E-state index in [0.29, 0.717) is 11.1 Å². The van der Waals surface area contributed by atoms with Crippen LogP contribution in [-0.2, 0) is 9.53 Å². The molecule has 0 aliphatic rings. The molecule has 23 heavy (non-hydrogen) atoms. The summed E-state index contributed by atoms with van der Waals surface area (Å²) < 4.78 is 4.84. The molecule has 3 rings (SSSR count). The lowest BCUT2D eigenvalue weighted by molar-refractivity contribution is -0.143. The Bertz CT molecular complexity index is 840. The number of nitrogens with one attached hydrogen (secondary N) is 2. The molecule has 1 heterocycles. The van der Waals surface area contributed by atoms with Gasteiger partial charge in [0.15, 0.2) is 6.04 Å². The number of carbonyl (C=O) groups excluding carboxylic acids is 2. The number of rotatable bonds is 4. The van der Waals surface area contributed by atoms with Gasteiger partial charge in [0, 0.05) is 12.4 Å². The number of ether oxygens (including phenoxy) is 1. The quantitative estimate of drug-likeness (QED) is 0.728. The first kappa shape index (κ1) is 14.8. The summed E-state index contributed by atoms with van der Waals surface area (Å²) in [5, 5.41) is 4.78. The number of methoxy groups -OCH3 is 1. The molecular weight excluding hydrogens is 292 g/mol. The van der Waals surface area contributed by atoms with Gasteiger partial charge >= 0.3 is 5.97 Å². The summed E-state index contributed by atoms with van der Waals surface area (Å²) in [5.41, 5.74) is 1.14. The van der Waals surface area contributed by atoms with Gasteiger partial charge in [-0.25, -0.2) is 4.79 Å². The minimum atomic E-state index is -0.855. The first-order valence-electron chi connectivity index (χ1n) is 7.19. The summed E-state index contributed by atoms with van der Waals surface area (Å²) in [6.45, 7) is 0. The first-order valence-corrected chi connectivity index (χ1v) is 7.19. The van der Waals surface area contributed by atoms with E-state index in [9.17, 15) is 9.59 Å². The van der Waals surface area contributed by atoms with Gasteiger partial charge in [-0.05, 0) is 28.5 Å². The topological polar surface area (TPSA) is 71.2 Å². The van der Waals surface area contributed by atoms with Gasteiger partial charge in [-0.1, -0.05) is 36.4 Å². The Morgan fingerprint density at radius 1 is 1.09 bits per heavy atom. The van der Waals surface area contributed by atoms with Crippen LogP contribution in [-0.4, -0.2) is 24.0 Å². The molecule has 0 saturated carbocycles. The fourth-order valence-electron chi connectivity index (χ4n) is 2.46. The number of aromatic nitrogens is 1. The predicted octanol–water partition coefficient (Wildman–Crippen LogP) is 2.81. The van der Waals surface area contributed by atoms with Crippen LogP contribution in [0.1, 0.15) is 22.0 Å². The molecule has 0 aliphatic heterocycles. The second-order valence-corrected chi connectivity index (χ2v) is 5.14. The van der Waals surface area contributed by atoms with Crippen LogP contribution in [0.4, 0.5) is 0 Å². The Balaban J connectivity index is 1.94. The zero-order valence-corrected chi connectivity index (χ0v) is 12.6. The Hall–Kier alpha value is -3.08. The van der Waals surface area contributed by atoms with Gasteiger partial charge in [0.1, 0.15) is 0 Å². The van der Waals surface area contributed by atoms with Gasteiger partial charge in [-0.3, -0.25) is 4.79 Å². The fraction of sp³-hybridized carbons (Fsp3) is 0.111. The van der Waals surface area contributed by atoms with Crippen LogP contribution < -0.4 is 5.32 Å². The lowest BCUT2D eigenvalue weighted by atomic mass is 10.0. The summed E-state index contributed by atoms with van der Waals surface area (Å²) in [6, 6.07) is 14.2. The zero-order valence-electron chi connectivity index (χ0n) is 12.6. The van der Waals surface area contributed by atoms with Crippen molar-refractivity contribution in [2.24, 2.45) is 0 Å². The lowest BCUT2D eigenvalue weighted by Crippen LogP contribution is -2.34. The number of amides is 1. The minimum absolute atomic E-state index is 0.338. The third kappa shape index (κ3) is 3.08. The molecule has 3 aromatic rings. The maximum absolute atomic E-state index is 12.2. The van der Waals surface area contributed by atoms with Crippen LogP contribution in [0.2, 0.25) is 0 Å². The number of H-pyrrole nitrogens is 1. The first-order chi connectivity index (χ1) is 11.2. The lowest BCUT2D eigenvalue weighted by Gasteiger charge is -2.17. The highest BCUT2D eigenvalue weighted by molar-refractivity contribution is 5.97. The van der Waals surface area contributed by atoms with E-state index in [4.69, 9.17) is 4.74 Å². The molecule has 2 aromatic carbocycles. The van der Waals surface area contributed by atoms with Gasteiger partial charge in [0.2, 0.25) is 0 Å². The van der Waals surface area contributed by atoms with Crippen LogP contribution in [0.3, 0.4) is 0 Å². The second kappa shape index (κ2) is 6.36. The third-order valence-electron chi connectivity index (χ3n) is 3.68. The molecule has 1 amide bonds. The van der Waals surface area contributed by atoms with Gasteiger partial charge in [0.05, 0.1) is 12.7 Å². The number of fused-ring (bicyclic) bond motifs is 1.